The second-order valence-corrected chi connectivity index (χ2v) is 6.76. The number of nitrogens with one attached hydrogen (secondary N) is 1. The molecule has 0 radical (unpaired) electrons. The van der Waals surface area contributed by atoms with Gasteiger partial charge in [-0.05, 0) is 36.4 Å². The number of nitrogens with zero attached hydrogens (tertiary/aromatic N) is 4. The average Bonchev–Trinajstić information content (AvgIpc) is 2.80. The molecule has 29 heavy (non-hydrogen) atoms. The van der Waals surface area contributed by atoms with Crippen LogP contribution in [0.4, 0.5) is 23.0 Å². The Morgan fingerprint density at radius 2 is 1.55 bits per heavy atom. The number of rotatable bonds is 6. The molecular weight excluding hydrogens is 366 g/mol. The number of aromatic nitrogens is 2. The van der Waals surface area contributed by atoms with Gasteiger partial charge in [0.15, 0.2) is 0 Å². The van der Waals surface area contributed by atoms with E-state index in [1.807, 2.05) is 48.5 Å². The minimum Gasteiger partial charge on any atom is -0.497 e. The van der Waals surface area contributed by atoms with E-state index in [2.05, 4.69) is 31.2 Å². The van der Waals surface area contributed by atoms with E-state index in [1.165, 1.54) is 0 Å². The Kier molecular flexibility index (Phi) is 5.65. The van der Waals surface area contributed by atoms with E-state index in [-0.39, 0.29) is 0 Å². The van der Waals surface area contributed by atoms with Crippen LogP contribution >= 0.6 is 0 Å². The predicted octanol–water partition coefficient (Wildman–Crippen LogP) is 3.56. The van der Waals surface area contributed by atoms with Gasteiger partial charge in [-0.3, -0.25) is 0 Å². The Bertz CT molecular complexity index is 940. The van der Waals surface area contributed by atoms with Crippen LogP contribution in [0.3, 0.4) is 0 Å². The van der Waals surface area contributed by atoms with E-state index in [9.17, 15) is 0 Å². The molecule has 1 fully saturated rings. The van der Waals surface area contributed by atoms with Crippen LogP contribution in [-0.4, -0.2) is 50.4 Å². The molecule has 7 nitrogen and oxygen atoms in total. The molecule has 7 heteroatoms. The first-order valence-electron chi connectivity index (χ1n) is 9.63. The number of hydrogen-bond donors (Lipinski definition) is 1. The van der Waals surface area contributed by atoms with Crippen molar-refractivity contribution in [3.05, 3.63) is 60.9 Å². The van der Waals surface area contributed by atoms with Crippen LogP contribution in [0.15, 0.2) is 60.9 Å². The molecule has 0 unspecified atom stereocenters. The van der Waals surface area contributed by atoms with Crippen molar-refractivity contribution in [1.29, 1.82) is 0 Å². The molecule has 3 aromatic rings. The maximum Gasteiger partial charge on any atom is 0.142 e. The van der Waals surface area contributed by atoms with Crippen molar-refractivity contribution < 1.29 is 9.47 Å². The minimum atomic E-state index is 0.771. The summed E-state index contributed by atoms with van der Waals surface area (Å²) in [5, 5.41) is 3.32. The number of benzene rings is 2. The maximum atomic E-state index is 5.50. The van der Waals surface area contributed by atoms with E-state index in [0.717, 1.165) is 60.7 Å². The number of anilines is 4. The lowest BCUT2D eigenvalue weighted by Crippen LogP contribution is -2.47. The topological polar surface area (TPSA) is 62.8 Å². The molecule has 0 saturated carbocycles. The van der Waals surface area contributed by atoms with E-state index in [4.69, 9.17) is 9.47 Å². The summed E-state index contributed by atoms with van der Waals surface area (Å²) < 4.78 is 10.7. The van der Waals surface area contributed by atoms with Gasteiger partial charge in [0.2, 0.25) is 0 Å². The van der Waals surface area contributed by atoms with Crippen molar-refractivity contribution in [2.24, 2.45) is 0 Å². The number of piperazine rings is 1. The molecule has 150 valence electrons. The summed E-state index contributed by atoms with van der Waals surface area (Å²) >= 11 is 0. The van der Waals surface area contributed by atoms with Crippen LogP contribution in [0, 0.1) is 0 Å². The van der Waals surface area contributed by atoms with E-state index >= 15 is 0 Å². The van der Waals surface area contributed by atoms with Crippen molar-refractivity contribution in [3.8, 4) is 11.5 Å². The highest BCUT2D eigenvalue weighted by molar-refractivity contribution is 5.62. The summed E-state index contributed by atoms with van der Waals surface area (Å²) in [6.45, 7) is 3.59. The number of para-hydroxylation sites is 2. The van der Waals surface area contributed by atoms with Gasteiger partial charge in [-0.2, -0.15) is 0 Å². The Balaban J connectivity index is 1.41. The van der Waals surface area contributed by atoms with Crippen LogP contribution in [0.5, 0.6) is 11.5 Å². The van der Waals surface area contributed by atoms with Crippen molar-refractivity contribution in [3.63, 3.8) is 0 Å². The second kappa shape index (κ2) is 8.68. The first-order chi connectivity index (χ1) is 14.3. The molecule has 0 spiro atoms. The zero-order valence-electron chi connectivity index (χ0n) is 16.7. The largest absolute Gasteiger partial charge is 0.497 e. The Hall–Kier alpha value is -3.48. The Labute approximate surface area is 170 Å². The zero-order chi connectivity index (χ0) is 20.1. The molecule has 0 bridgehead atoms. The summed E-state index contributed by atoms with van der Waals surface area (Å²) in [5.41, 5.74) is 2.09. The molecule has 1 aromatic heterocycles. The fraction of sp³-hybridized carbons (Fsp3) is 0.273. The van der Waals surface area contributed by atoms with Crippen molar-refractivity contribution in [2.75, 3.05) is 55.5 Å². The fourth-order valence-electron chi connectivity index (χ4n) is 3.48. The molecule has 2 aromatic carbocycles. The third kappa shape index (κ3) is 4.34. The van der Waals surface area contributed by atoms with Crippen molar-refractivity contribution in [2.45, 2.75) is 0 Å². The van der Waals surface area contributed by atoms with Crippen LogP contribution in [-0.2, 0) is 0 Å². The third-order valence-corrected chi connectivity index (χ3v) is 5.04. The second-order valence-electron chi connectivity index (χ2n) is 6.76. The molecule has 0 atom stereocenters. The first-order valence-corrected chi connectivity index (χ1v) is 9.63. The monoisotopic (exact) mass is 391 g/mol. The van der Waals surface area contributed by atoms with Crippen LogP contribution in [0.25, 0.3) is 0 Å². The van der Waals surface area contributed by atoms with Gasteiger partial charge in [0.25, 0.3) is 0 Å². The van der Waals surface area contributed by atoms with Gasteiger partial charge in [0, 0.05) is 37.9 Å². The number of ether oxygens (including phenoxy) is 2. The molecule has 1 saturated heterocycles. The molecular formula is C22H25N5O2. The van der Waals surface area contributed by atoms with Gasteiger partial charge in [-0.1, -0.05) is 12.1 Å². The highest BCUT2D eigenvalue weighted by Gasteiger charge is 2.20. The standard InChI is InChI=1S/C22H25N5O2/c1-28-18-9-7-17(8-10-18)25-21-15-22(24-16-23-21)27-13-11-26(12-14-27)19-5-3-4-6-20(19)29-2/h3-10,15-16H,11-14H2,1-2H3,(H,23,24,25). The third-order valence-electron chi connectivity index (χ3n) is 5.04. The number of hydrogen-bond acceptors (Lipinski definition) is 7. The predicted molar refractivity (Wildman–Crippen MR) is 116 cm³/mol. The summed E-state index contributed by atoms with van der Waals surface area (Å²) in [6.07, 6.45) is 1.60. The summed E-state index contributed by atoms with van der Waals surface area (Å²) in [6, 6.07) is 17.9. The Morgan fingerprint density at radius 1 is 0.828 bits per heavy atom. The van der Waals surface area contributed by atoms with Crippen molar-refractivity contribution in [1.82, 2.24) is 9.97 Å². The van der Waals surface area contributed by atoms with Crippen LogP contribution in [0.1, 0.15) is 0 Å². The lowest BCUT2D eigenvalue weighted by atomic mass is 10.2. The first kappa shape index (κ1) is 18.9. The fourth-order valence-corrected chi connectivity index (χ4v) is 3.48. The van der Waals surface area contributed by atoms with Crippen LogP contribution < -0.4 is 24.6 Å². The van der Waals surface area contributed by atoms with E-state index in [0.29, 0.717) is 0 Å². The Morgan fingerprint density at radius 3 is 2.28 bits per heavy atom. The molecule has 2 heterocycles. The lowest BCUT2D eigenvalue weighted by molar-refractivity contribution is 0.413. The van der Waals surface area contributed by atoms with Gasteiger partial charge >= 0.3 is 0 Å². The van der Waals surface area contributed by atoms with E-state index < -0.39 is 0 Å². The SMILES string of the molecule is COc1ccc(Nc2cc(N3CCN(c4ccccc4OC)CC3)ncn2)cc1. The summed E-state index contributed by atoms with van der Waals surface area (Å²) in [5.74, 6) is 3.43. The van der Waals surface area contributed by atoms with Crippen LogP contribution in [0.2, 0.25) is 0 Å². The molecule has 1 aliphatic heterocycles. The minimum absolute atomic E-state index is 0.771. The quantitative estimate of drug-likeness (QED) is 0.689. The normalized spacial score (nSPS) is 13.9. The number of methoxy groups -OCH3 is 2. The molecule has 0 aliphatic carbocycles. The van der Waals surface area contributed by atoms with Crippen molar-refractivity contribution >= 4 is 23.0 Å². The van der Waals surface area contributed by atoms with Gasteiger partial charge < -0.3 is 24.6 Å². The summed E-state index contributed by atoms with van der Waals surface area (Å²) in [4.78, 5) is 13.5. The van der Waals surface area contributed by atoms with Gasteiger partial charge in [-0.15, -0.1) is 0 Å². The summed E-state index contributed by atoms with van der Waals surface area (Å²) in [7, 11) is 3.38. The zero-order valence-corrected chi connectivity index (χ0v) is 16.7. The molecule has 0 amide bonds. The lowest BCUT2D eigenvalue weighted by Gasteiger charge is -2.37. The smallest absolute Gasteiger partial charge is 0.142 e. The molecule has 1 aliphatic rings. The van der Waals surface area contributed by atoms with Gasteiger partial charge in [0.05, 0.1) is 19.9 Å². The molecule has 4 rings (SSSR count). The molecule has 1 N–H and O–H groups in total. The van der Waals surface area contributed by atoms with Gasteiger partial charge in [-0.25, -0.2) is 9.97 Å². The average molecular weight is 391 g/mol. The highest BCUT2D eigenvalue weighted by Crippen LogP contribution is 2.29. The maximum absolute atomic E-state index is 5.50. The van der Waals surface area contributed by atoms with E-state index in [1.54, 1.807) is 20.5 Å². The highest BCUT2D eigenvalue weighted by atomic mass is 16.5. The van der Waals surface area contributed by atoms with Gasteiger partial charge in [0.1, 0.15) is 29.5 Å².